The predicted octanol–water partition coefficient (Wildman–Crippen LogP) is 5.77. The summed E-state index contributed by atoms with van der Waals surface area (Å²) < 4.78 is 18.0. The van der Waals surface area contributed by atoms with Crippen LogP contribution in [0.5, 0.6) is 11.5 Å². The summed E-state index contributed by atoms with van der Waals surface area (Å²) in [7, 11) is 1.63. The molecule has 0 radical (unpaired) electrons. The van der Waals surface area contributed by atoms with Crippen LogP contribution in [0.4, 0.5) is 4.79 Å². The maximum absolute atomic E-state index is 13.0. The van der Waals surface area contributed by atoms with E-state index < -0.39 is 11.2 Å². The van der Waals surface area contributed by atoms with Crippen LogP contribution < -0.4 is 9.47 Å². The third-order valence-corrected chi connectivity index (χ3v) is 6.95. The Morgan fingerprint density at radius 3 is 2.32 bits per heavy atom. The number of carbonyl (C=O) groups excluding carboxylic acids is 2. The normalized spacial score (nSPS) is 16.4. The van der Waals surface area contributed by atoms with E-state index in [1.165, 1.54) is 0 Å². The van der Waals surface area contributed by atoms with Gasteiger partial charge in [0, 0.05) is 55.7 Å². The molecular weight excluding hydrogens is 468 g/mol. The molecule has 0 N–H and O–H groups in total. The predicted molar refractivity (Wildman–Crippen MR) is 144 cm³/mol. The lowest BCUT2D eigenvalue weighted by atomic mass is 9.82. The van der Waals surface area contributed by atoms with Gasteiger partial charge in [-0.1, -0.05) is 18.2 Å². The largest absolute Gasteiger partial charge is 0.496 e. The molecule has 0 atom stereocenters. The minimum atomic E-state index is -0.553. The molecule has 0 unspecified atom stereocenters. The van der Waals surface area contributed by atoms with Crippen molar-refractivity contribution in [3.63, 3.8) is 0 Å². The van der Waals surface area contributed by atoms with Crippen molar-refractivity contribution in [1.29, 1.82) is 0 Å². The van der Waals surface area contributed by atoms with Crippen LogP contribution >= 0.6 is 0 Å². The minimum absolute atomic E-state index is 0.0119. The van der Waals surface area contributed by atoms with E-state index in [4.69, 9.17) is 14.2 Å². The molecule has 2 aliphatic heterocycles. The fraction of sp³-hybridized carbons (Fsp3) is 0.467. The molecule has 198 valence electrons. The number of piperidine rings is 1. The van der Waals surface area contributed by atoms with Crippen LogP contribution in [0.25, 0.3) is 5.57 Å². The summed E-state index contributed by atoms with van der Waals surface area (Å²) in [5, 5.41) is 0. The van der Waals surface area contributed by atoms with Gasteiger partial charge in [0.05, 0.1) is 7.11 Å². The van der Waals surface area contributed by atoms with Crippen molar-refractivity contribution in [3.05, 3.63) is 65.2 Å². The zero-order valence-electron chi connectivity index (χ0n) is 22.8. The first-order valence-corrected chi connectivity index (χ1v) is 13.1. The molecule has 1 spiro atoms. The van der Waals surface area contributed by atoms with Crippen LogP contribution in [0.2, 0.25) is 0 Å². The van der Waals surface area contributed by atoms with Gasteiger partial charge in [0.2, 0.25) is 0 Å². The number of fused-ring (bicyclic) bond motifs is 1. The maximum Gasteiger partial charge on any atom is 0.410 e. The van der Waals surface area contributed by atoms with E-state index in [1.54, 1.807) is 16.9 Å². The number of nitrogens with zero attached hydrogens (tertiary/aromatic N) is 2. The first kappa shape index (κ1) is 26.6. The van der Waals surface area contributed by atoms with Crippen LogP contribution in [-0.4, -0.2) is 66.3 Å². The Hall–Kier alpha value is -3.48. The molecule has 0 saturated carbocycles. The number of ether oxygens (including phenoxy) is 3. The summed E-state index contributed by atoms with van der Waals surface area (Å²) in [5.41, 5.74) is 2.40. The first-order chi connectivity index (χ1) is 17.6. The van der Waals surface area contributed by atoms with Crippen molar-refractivity contribution in [2.24, 2.45) is 0 Å². The zero-order valence-corrected chi connectivity index (χ0v) is 22.8. The number of benzene rings is 2. The number of methoxy groups -OCH3 is 1. The van der Waals surface area contributed by atoms with Gasteiger partial charge in [-0.05, 0) is 70.5 Å². The molecule has 1 fully saturated rings. The lowest BCUT2D eigenvalue weighted by Gasteiger charge is -2.43. The summed E-state index contributed by atoms with van der Waals surface area (Å²) in [6.07, 6.45) is 3.17. The summed E-state index contributed by atoms with van der Waals surface area (Å²) in [6.45, 7) is 12.0. The van der Waals surface area contributed by atoms with Gasteiger partial charge < -0.3 is 24.0 Å². The number of amides is 2. The average molecular weight is 507 g/mol. The molecule has 0 aromatic heterocycles. The van der Waals surface area contributed by atoms with Crippen molar-refractivity contribution in [2.75, 3.05) is 33.3 Å². The second-order valence-electron chi connectivity index (χ2n) is 10.6. The topological polar surface area (TPSA) is 68.3 Å². The Kier molecular flexibility index (Phi) is 7.53. The van der Waals surface area contributed by atoms with Gasteiger partial charge in [0.1, 0.15) is 22.7 Å². The molecule has 2 amide bonds. The SMILES string of the molecule is CCN(CC)C(=O)c1ccc(C2=CC3(CCN(C(=O)OC(C)(C)C)CC3)Oc3ccccc32)c(OC)c1. The summed E-state index contributed by atoms with van der Waals surface area (Å²) in [6, 6.07) is 13.6. The van der Waals surface area contributed by atoms with E-state index in [2.05, 4.69) is 6.08 Å². The van der Waals surface area contributed by atoms with E-state index in [-0.39, 0.29) is 12.0 Å². The summed E-state index contributed by atoms with van der Waals surface area (Å²) >= 11 is 0. The molecule has 7 heteroatoms. The Morgan fingerprint density at radius 2 is 1.70 bits per heavy atom. The molecule has 2 aliphatic rings. The Morgan fingerprint density at radius 1 is 1.03 bits per heavy atom. The van der Waals surface area contributed by atoms with Crippen molar-refractivity contribution >= 4 is 17.6 Å². The Bertz CT molecular complexity index is 1180. The smallest absolute Gasteiger partial charge is 0.410 e. The second kappa shape index (κ2) is 10.5. The Labute approximate surface area is 220 Å². The number of likely N-dealkylation sites (tertiary alicyclic amines) is 1. The van der Waals surface area contributed by atoms with Crippen LogP contribution in [0.3, 0.4) is 0 Å². The zero-order chi connectivity index (χ0) is 26.8. The van der Waals surface area contributed by atoms with E-state index in [1.807, 2.05) is 77.1 Å². The van der Waals surface area contributed by atoms with Gasteiger partial charge in [0.15, 0.2) is 0 Å². The van der Waals surface area contributed by atoms with Gasteiger partial charge >= 0.3 is 6.09 Å². The summed E-state index contributed by atoms with van der Waals surface area (Å²) in [5.74, 6) is 1.43. The van der Waals surface area contributed by atoms with Gasteiger partial charge in [-0.3, -0.25) is 4.79 Å². The standard InChI is InChI=1S/C30H38N2O5/c1-7-31(8-2)27(33)21-13-14-23(26(19-21)35-6)24-20-30(36-25-12-10-9-11-22(24)25)15-17-32(18-16-30)28(34)37-29(3,4)5/h9-14,19-20H,7-8,15-18H2,1-6H3. The number of para-hydroxylation sites is 1. The molecular formula is C30H38N2O5. The fourth-order valence-electron chi connectivity index (χ4n) is 4.97. The van der Waals surface area contributed by atoms with Gasteiger partial charge in [0.25, 0.3) is 5.91 Å². The molecule has 1 saturated heterocycles. The molecule has 0 bridgehead atoms. The second-order valence-corrected chi connectivity index (χ2v) is 10.6. The lowest BCUT2D eigenvalue weighted by Crippen LogP contribution is -2.50. The monoisotopic (exact) mass is 506 g/mol. The lowest BCUT2D eigenvalue weighted by molar-refractivity contribution is -0.00117. The van der Waals surface area contributed by atoms with E-state index in [9.17, 15) is 9.59 Å². The fourth-order valence-corrected chi connectivity index (χ4v) is 4.97. The quantitative estimate of drug-likeness (QED) is 0.515. The maximum atomic E-state index is 13.0. The molecule has 37 heavy (non-hydrogen) atoms. The van der Waals surface area contributed by atoms with Crippen LogP contribution in [0.1, 0.15) is 68.9 Å². The highest BCUT2D eigenvalue weighted by molar-refractivity contribution is 5.96. The van der Waals surface area contributed by atoms with E-state index >= 15 is 0 Å². The number of hydrogen-bond donors (Lipinski definition) is 0. The highest BCUT2D eigenvalue weighted by Gasteiger charge is 2.41. The number of hydrogen-bond acceptors (Lipinski definition) is 5. The third-order valence-electron chi connectivity index (χ3n) is 6.95. The van der Waals surface area contributed by atoms with Crippen molar-refractivity contribution in [3.8, 4) is 11.5 Å². The van der Waals surface area contributed by atoms with Crippen molar-refractivity contribution in [2.45, 2.75) is 58.7 Å². The van der Waals surface area contributed by atoms with Gasteiger partial charge in [-0.25, -0.2) is 4.79 Å². The van der Waals surface area contributed by atoms with Crippen molar-refractivity contribution < 1.29 is 23.8 Å². The van der Waals surface area contributed by atoms with E-state index in [0.29, 0.717) is 50.3 Å². The minimum Gasteiger partial charge on any atom is -0.496 e. The average Bonchev–Trinajstić information content (AvgIpc) is 2.88. The van der Waals surface area contributed by atoms with Crippen molar-refractivity contribution in [1.82, 2.24) is 9.80 Å². The Balaban J connectivity index is 1.68. The molecule has 7 nitrogen and oxygen atoms in total. The van der Waals surface area contributed by atoms with Gasteiger partial charge in [-0.2, -0.15) is 0 Å². The van der Waals surface area contributed by atoms with Crippen LogP contribution in [-0.2, 0) is 4.74 Å². The highest BCUT2D eigenvalue weighted by Crippen LogP contribution is 2.45. The molecule has 2 aromatic carbocycles. The van der Waals surface area contributed by atoms with Gasteiger partial charge in [-0.15, -0.1) is 0 Å². The summed E-state index contributed by atoms with van der Waals surface area (Å²) in [4.78, 5) is 29.1. The number of rotatable bonds is 5. The first-order valence-electron chi connectivity index (χ1n) is 13.1. The van der Waals surface area contributed by atoms with E-state index in [0.717, 1.165) is 22.4 Å². The van der Waals surface area contributed by atoms with Crippen LogP contribution in [0.15, 0.2) is 48.5 Å². The molecule has 4 rings (SSSR count). The molecule has 2 aromatic rings. The molecule has 0 aliphatic carbocycles. The number of carbonyl (C=O) groups is 2. The highest BCUT2D eigenvalue weighted by atomic mass is 16.6. The third kappa shape index (κ3) is 5.60. The van der Waals surface area contributed by atoms with Crippen LogP contribution in [0, 0.1) is 0 Å². The molecule has 2 heterocycles.